The summed E-state index contributed by atoms with van der Waals surface area (Å²) in [5.74, 6) is -0.865. The minimum Gasteiger partial charge on any atom is -0.455 e. The van der Waals surface area contributed by atoms with Gasteiger partial charge in [0.2, 0.25) is 0 Å². The monoisotopic (exact) mass is 354 g/mol. The quantitative estimate of drug-likeness (QED) is 0.796. The van der Waals surface area contributed by atoms with E-state index in [1.807, 2.05) is 0 Å². The summed E-state index contributed by atoms with van der Waals surface area (Å²) in [7, 11) is 0. The molecule has 0 bridgehead atoms. The van der Waals surface area contributed by atoms with Crippen molar-refractivity contribution in [1.29, 1.82) is 5.26 Å². The molecule has 0 saturated heterocycles. The molecule has 1 saturated carbocycles. The maximum Gasteiger partial charge on any atom is 0.310 e. The van der Waals surface area contributed by atoms with E-state index in [1.165, 1.54) is 0 Å². The van der Waals surface area contributed by atoms with Crippen molar-refractivity contribution in [2.24, 2.45) is 5.92 Å². The van der Waals surface area contributed by atoms with Crippen LogP contribution in [-0.4, -0.2) is 24.0 Å². The van der Waals surface area contributed by atoms with Gasteiger partial charge in [0.05, 0.1) is 22.5 Å². The Hall–Kier alpha value is -1.77. The minimum atomic E-state index is -0.896. The molecule has 1 aliphatic carbocycles. The fraction of sp³-hybridized carbons (Fsp3) is 0.438. The van der Waals surface area contributed by atoms with E-state index in [4.69, 9.17) is 33.2 Å². The van der Waals surface area contributed by atoms with Gasteiger partial charge >= 0.3 is 5.97 Å². The van der Waals surface area contributed by atoms with E-state index in [0.717, 1.165) is 12.8 Å². The standard InChI is InChI=1S/C16H16Cl2N2O3/c1-16(9-19,11-3-4-11)20-14(21)8-23-15(22)7-10-2-5-12(17)13(18)6-10/h2,5-6,11H,3-4,7-8H2,1H3,(H,20,21)/t16-/m0/s1. The molecule has 1 atom stereocenters. The molecule has 1 aromatic rings. The van der Waals surface area contributed by atoms with Crippen LogP contribution in [0.3, 0.4) is 0 Å². The molecule has 122 valence electrons. The normalized spacial score (nSPS) is 16.1. The van der Waals surface area contributed by atoms with Crippen LogP contribution in [-0.2, 0) is 20.7 Å². The fourth-order valence-electron chi connectivity index (χ4n) is 2.22. The maximum atomic E-state index is 11.8. The van der Waals surface area contributed by atoms with Crippen LogP contribution in [0.5, 0.6) is 0 Å². The van der Waals surface area contributed by atoms with Crippen molar-refractivity contribution in [3.05, 3.63) is 33.8 Å². The molecule has 1 aliphatic rings. The third-order valence-corrected chi connectivity index (χ3v) is 4.46. The first-order valence-electron chi connectivity index (χ1n) is 7.16. The van der Waals surface area contributed by atoms with E-state index in [0.29, 0.717) is 15.6 Å². The summed E-state index contributed by atoms with van der Waals surface area (Å²) in [6.07, 6.45) is 1.82. The van der Waals surface area contributed by atoms with Crippen LogP contribution in [0.15, 0.2) is 18.2 Å². The van der Waals surface area contributed by atoms with Gasteiger partial charge in [0, 0.05) is 0 Å². The predicted octanol–water partition coefficient (Wildman–Crippen LogP) is 2.89. The lowest BCUT2D eigenvalue weighted by molar-refractivity contribution is -0.148. The lowest BCUT2D eigenvalue weighted by atomic mass is 9.98. The molecule has 1 amide bonds. The Kier molecular flexibility index (Phi) is 5.51. The Morgan fingerprint density at radius 1 is 1.39 bits per heavy atom. The van der Waals surface area contributed by atoms with Gasteiger partial charge in [-0.2, -0.15) is 5.26 Å². The molecule has 1 N–H and O–H groups in total. The molecule has 2 rings (SSSR count). The first-order chi connectivity index (χ1) is 10.8. The molecule has 1 fully saturated rings. The van der Waals surface area contributed by atoms with Crippen molar-refractivity contribution >= 4 is 35.1 Å². The number of nitrogens with one attached hydrogen (secondary N) is 1. The highest BCUT2D eigenvalue weighted by Gasteiger charge is 2.43. The highest BCUT2D eigenvalue weighted by atomic mass is 35.5. The number of ether oxygens (including phenoxy) is 1. The summed E-state index contributed by atoms with van der Waals surface area (Å²) < 4.78 is 4.93. The SMILES string of the molecule is C[C@@](C#N)(NC(=O)COC(=O)Cc1ccc(Cl)c(Cl)c1)C1CC1. The molecule has 0 spiro atoms. The summed E-state index contributed by atoms with van der Waals surface area (Å²) in [6, 6.07) is 6.94. The number of hydrogen-bond donors (Lipinski definition) is 1. The number of carbonyl (C=O) groups excluding carboxylic acids is 2. The average molecular weight is 355 g/mol. The molecule has 0 heterocycles. The number of hydrogen-bond acceptors (Lipinski definition) is 4. The van der Waals surface area contributed by atoms with E-state index in [2.05, 4.69) is 11.4 Å². The van der Waals surface area contributed by atoms with Crippen molar-refractivity contribution in [2.45, 2.75) is 31.7 Å². The van der Waals surface area contributed by atoms with E-state index >= 15 is 0 Å². The number of rotatable bonds is 6. The Labute approximate surface area is 144 Å². The third-order valence-electron chi connectivity index (χ3n) is 3.72. The van der Waals surface area contributed by atoms with Crippen LogP contribution in [0, 0.1) is 17.2 Å². The predicted molar refractivity (Wildman–Crippen MR) is 86.0 cm³/mol. The smallest absolute Gasteiger partial charge is 0.310 e. The molecule has 0 radical (unpaired) electrons. The molecule has 1 aromatic carbocycles. The zero-order valence-corrected chi connectivity index (χ0v) is 14.1. The third kappa shape index (κ3) is 4.85. The molecule has 0 unspecified atom stereocenters. The number of benzene rings is 1. The Balaban J connectivity index is 1.80. The second-order valence-corrected chi connectivity index (χ2v) is 6.54. The van der Waals surface area contributed by atoms with Crippen molar-refractivity contribution in [3.8, 4) is 6.07 Å². The number of nitrogens with zero attached hydrogens (tertiary/aromatic N) is 1. The zero-order valence-electron chi connectivity index (χ0n) is 12.6. The molecule has 0 aromatic heterocycles. The largest absolute Gasteiger partial charge is 0.455 e. The van der Waals surface area contributed by atoms with Gasteiger partial charge < -0.3 is 10.1 Å². The van der Waals surface area contributed by atoms with Crippen LogP contribution in [0.2, 0.25) is 10.0 Å². The summed E-state index contributed by atoms with van der Waals surface area (Å²) in [6.45, 7) is 1.27. The Morgan fingerprint density at radius 2 is 2.09 bits per heavy atom. The van der Waals surface area contributed by atoms with Crippen LogP contribution < -0.4 is 5.32 Å². The molecular weight excluding hydrogens is 339 g/mol. The van der Waals surface area contributed by atoms with Gasteiger partial charge in [0.15, 0.2) is 6.61 Å². The number of carbonyl (C=O) groups is 2. The lowest BCUT2D eigenvalue weighted by Gasteiger charge is -2.22. The second kappa shape index (κ2) is 7.20. The van der Waals surface area contributed by atoms with Gasteiger partial charge in [0.1, 0.15) is 5.54 Å². The van der Waals surface area contributed by atoms with Crippen molar-refractivity contribution in [2.75, 3.05) is 6.61 Å². The van der Waals surface area contributed by atoms with E-state index < -0.39 is 24.0 Å². The maximum absolute atomic E-state index is 11.8. The fourth-order valence-corrected chi connectivity index (χ4v) is 2.54. The Bertz CT molecular complexity index is 668. The van der Waals surface area contributed by atoms with Gasteiger partial charge in [-0.25, -0.2) is 0 Å². The van der Waals surface area contributed by atoms with Gasteiger partial charge in [-0.05, 0) is 43.4 Å². The average Bonchev–Trinajstić information content (AvgIpc) is 3.34. The number of esters is 1. The van der Waals surface area contributed by atoms with Crippen LogP contribution in [0.4, 0.5) is 0 Å². The zero-order chi connectivity index (χ0) is 17.0. The highest BCUT2D eigenvalue weighted by molar-refractivity contribution is 6.42. The van der Waals surface area contributed by atoms with Crippen molar-refractivity contribution in [3.63, 3.8) is 0 Å². The second-order valence-electron chi connectivity index (χ2n) is 5.72. The number of nitriles is 1. The van der Waals surface area contributed by atoms with Gasteiger partial charge in [-0.1, -0.05) is 29.3 Å². The van der Waals surface area contributed by atoms with Crippen LogP contribution in [0.1, 0.15) is 25.3 Å². The summed E-state index contributed by atoms with van der Waals surface area (Å²) >= 11 is 11.7. The van der Waals surface area contributed by atoms with E-state index in [-0.39, 0.29) is 12.3 Å². The first kappa shape index (κ1) is 17.6. The molecule has 5 nitrogen and oxygen atoms in total. The van der Waals surface area contributed by atoms with Gasteiger partial charge in [-0.15, -0.1) is 0 Å². The molecule has 0 aliphatic heterocycles. The summed E-state index contributed by atoms with van der Waals surface area (Å²) in [5, 5.41) is 12.5. The summed E-state index contributed by atoms with van der Waals surface area (Å²) in [4.78, 5) is 23.6. The van der Waals surface area contributed by atoms with Gasteiger partial charge in [-0.3, -0.25) is 9.59 Å². The van der Waals surface area contributed by atoms with E-state index in [9.17, 15) is 9.59 Å². The number of amides is 1. The molecule has 23 heavy (non-hydrogen) atoms. The molecular formula is C16H16Cl2N2O3. The number of halogens is 2. The Morgan fingerprint density at radius 3 is 2.65 bits per heavy atom. The van der Waals surface area contributed by atoms with Crippen LogP contribution in [0.25, 0.3) is 0 Å². The van der Waals surface area contributed by atoms with Crippen molar-refractivity contribution < 1.29 is 14.3 Å². The van der Waals surface area contributed by atoms with E-state index in [1.54, 1.807) is 25.1 Å². The van der Waals surface area contributed by atoms with Crippen LogP contribution >= 0.6 is 23.2 Å². The summed E-state index contributed by atoms with van der Waals surface area (Å²) in [5.41, 5.74) is -0.252. The lowest BCUT2D eigenvalue weighted by Crippen LogP contribution is -2.48. The minimum absolute atomic E-state index is 0.0116. The highest BCUT2D eigenvalue weighted by Crippen LogP contribution is 2.39. The first-order valence-corrected chi connectivity index (χ1v) is 7.91. The van der Waals surface area contributed by atoms with Crippen molar-refractivity contribution in [1.82, 2.24) is 5.32 Å². The van der Waals surface area contributed by atoms with Gasteiger partial charge in [0.25, 0.3) is 5.91 Å². The topological polar surface area (TPSA) is 79.2 Å². The molecule has 7 heteroatoms.